The summed E-state index contributed by atoms with van der Waals surface area (Å²) in [4.78, 5) is 24.3. The monoisotopic (exact) mass is 257 g/mol. The molecule has 0 fully saturated rings. The van der Waals surface area contributed by atoms with Gasteiger partial charge in [-0.1, -0.05) is 6.08 Å². The zero-order valence-corrected chi connectivity index (χ0v) is 11.1. The molecule has 0 bridgehead atoms. The Morgan fingerprint density at radius 3 is 2.56 bits per heavy atom. The SMILES string of the molecule is COC(=O)OC1C=CCN(C(=O)OC(C)(C)C)C1. The number of nitrogens with zero attached hydrogens (tertiary/aromatic N) is 1. The maximum atomic E-state index is 11.8. The van der Waals surface area contributed by atoms with E-state index in [-0.39, 0.29) is 6.54 Å². The van der Waals surface area contributed by atoms with Crippen molar-refractivity contribution in [3.63, 3.8) is 0 Å². The highest BCUT2D eigenvalue weighted by Gasteiger charge is 2.26. The average Bonchev–Trinajstić information content (AvgIpc) is 2.27. The molecule has 0 saturated carbocycles. The summed E-state index contributed by atoms with van der Waals surface area (Å²) in [6.45, 7) is 6.10. The summed E-state index contributed by atoms with van der Waals surface area (Å²) in [7, 11) is 1.24. The Balaban J connectivity index is 2.53. The van der Waals surface area contributed by atoms with E-state index in [0.29, 0.717) is 6.54 Å². The Kier molecular flexibility index (Phi) is 4.58. The molecule has 1 unspecified atom stereocenters. The standard InChI is InChI=1S/C12H19NO5/c1-12(2,3)18-10(14)13-7-5-6-9(8-13)17-11(15)16-4/h5-6,9H,7-8H2,1-4H3. The van der Waals surface area contributed by atoms with E-state index in [1.807, 2.05) is 0 Å². The zero-order valence-electron chi connectivity index (χ0n) is 11.1. The van der Waals surface area contributed by atoms with Crippen molar-refractivity contribution in [3.8, 4) is 0 Å². The van der Waals surface area contributed by atoms with E-state index in [0.717, 1.165) is 0 Å². The van der Waals surface area contributed by atoms with Crippen LogP contribution in [-0.2, 0) is 14.2 Å². The first kappa shape index (κ1) is 14.3. The molecule has 0 aromatic rings. The first-order valence-electron chi connectivity index (χ1n) is 5.71. The zero-order chi connectivity index (χ0) is 13.8. The fraction of sp³-hybridized carbons (Fsp3) is 0.667. The lowest BCUT2D eigenvalue weighted by atomic mass is 10.2. The van der Waals surface area contributed by atoms with Gasteiger partial charge in [0.15, 0.2) is 0 Å². The van der Waals surface area contributed by atoms with Crippen molar-refractivity contribution in [2.75, 3.05) is 20.2 Å². The molecule has 0 saturated heterocycles. The van der Waals surface area contributed by atoms with E-state index in [4.69, 9.17) is 9.47 Å². The molecule has 6 heteroatoms. The van der Waals surface area contributed by atoms with Crippen LogP contribution in [0.1, 0.15) is 20.8 Å². The first-order chi connectivity index (χ1) is 8.31. The smallest absolute Gasteiger partial charge is 0.444 e. The van der Waals surface area contributed by atoms with E-state index < -0.39 is 24.0 Å². The molecule has 1 heterocycles. The maximum Gasteiger partial charge on any atom is 0.508 e. The molecule has 1 amide bonds. The number of ether oxygens (including phenoxy) is 3. The molecule has 0 aromatic carbocycles. The van der Waals surface area contributed by atoms with Gasteiger partial charge in [-0.3, -0.25) is 0 Å². The van der Waals surface area contributed by atoms with Gasteiger partial charge in [0.25, 0.3) is 0 Å². The van der Waals surface area contributed by atoms with Gasteiger partial charge >= 0.3 is 12.2 Å². The second kappa shape index (κ2) is 5.75. The molecule has 0 radical (unpaired) electrons. The first-order valence-corrected chi connectivity index (χ1v) is 5.71. The third-order valence-electron chi connectivity index (χ3n) is 2.14. The lowest BCUT2D eigenvalue weighted by molar-refractivity contribution is 0.00770. The topological polar surface area (TPSA) is 65.1 Å². The number of carbonyl (C=O) groups excluding carboxylic acids is 2. The van der Waals surface area contributed by atoms with Crippen molar-refractivity contribution in [2.24, 2.45) is 0 Å². The van der Waals surface area contributed by atoms with Gasteiger partial charge in [-0.25, -0.2) is 9.59 Å². The molecule has 102 valence electrons. The van der Waals surface area contributed by atoms with Crippen LogP contribution in [0.5, 0.6) is 0 Å². The molecule has 1 aliphatic rings. The molecule has 0 spiro atoms. The minimum Gasteiger partial charge on any atom is -0.444 e. The number of carbonyl (C=O) groups is 2. The molecule has 0 N–H and O–H groups in total. The van der Waals surface area contributed by atoms with Gasteiger partial charge in [0.05, 0.1) is 13.7 Å². The minimum atomic E-state index is -0.768. The van der Waals surface area contributed by atoms with Crippen LogP contribution in [-0.4, -0.2) is 49.1 Å². The Morgan fingerprint density at radius 1 is 1.33 bits per heavy atom. The van der Waals surface area contributed by atoms with Gasteiger partial charge in [0, 0.05) is 6.54 Å². The third kappa shape index (κ3) is 4.65. The van der Waals surface area contributed by atoms with Crippen molar-refractivity contribution >= 4 is 12.2 Å². The highest BCUT2D eigenvalue weighted by Crippen LogP contribution is 2.13. The van der Waals surface area contributed by atoms with Gasteiger partial charge in [-0.2, -0.15) is 0 Å². The van der Waals surface area contributed by atoms with E-state index in [1.165, 1.54) is 12.0 Å². The maximum absolute atomic E-state index is 11.8. The lowest BCUT2D eigenvalue weighted by Gasteiger charge is -2.30. The van der Waals surface area contributed by atoms with Crippen LogP contribution >= 0.6 is 0 Å². The summed E-state index contributed by atoms with van der Waals surface area (Å²) in [6.07, 6.45) is 1.78. The van der Waals surface area contributed by atoms with Gasteiger partial charge < -0.3 is 19.1 Å². The van der Waals surface area contributed by atoms with Crippen LogP contribution in [0.2, 0.25) is 0 Å². The molecule has 0 aliphatic carbocycles. The number of methoxy groups -OCH3 is 1. The Labute approximate surface area is 106 Å². The van der Waals surface area contributed by atoms with Gasteiger partial charge in [0.2, 0.25) is 0 Å². The predicted molar refractivity (Wildman–Crippen MR) is 64.2 cm³/mol. The normalized spacial score (nSPS) is 19.3. The lowest BCUT2D eigenvalue weighted by Crippen LogP contribution is -2.43. The summed E-state index contributed by atoms with van der Waals surface area (Å²) in [5, 5.41) is 0. The Bertz CT molecular complexity index is 345. The summed E-state index contributed by atoms with van der Waals surface area (Å²) >= 11 is 0. The fourth-order valence-corrected chi connectivity index (χ4v) is 1.42. The quantitative estimate of drug-likeness (QED) is 0.530. The van der Waals surface area contributed by atoms with Gasteiger partial charge in [-0.05, 0) is 26.8 Å². The van der Waals surface area contributed by atoms with Crippen LogP contribution in [0.3, 0.4) is 0 Å². The van der Waals surface area contributed by atoms with E-state index in [9.17, 15) is 9.59 Å². The fourth-order valence-electron chi connectivity index (χ4n) is 1.42. The van der Waals surface area contributed by atoms with Crippen LogP contribution in [0.4, 0.5) is 9.59 Å². The van der Waals surface area contributed by atoms with Gasteiger partial charge in [0.1, 0.15) is 11.7 Å². The summed E-state index contributed by atoms with van der Waals surface area (Å²) < 4.78 is 14.6. The van der Waals surface area contributed by atoms with Crippen molar-refractivity contribution in [1.82, 2.24) is 4.90 Å². The summed E-state index contributed by atoms with van der Waals surface area (Å²) in [6, 6.07) is 0. The van der Waals surface area contributed by atoms with Crippen LogP contribution in [0.25, 0.3) is 0 Å². The molecule has 6 nitrogen and oxygen atoms in total. The molecule has 1 rings (SSSR count). The predicted octanol–water partition coefficient (Wildman–Crippen LogP) is 1.94. The minimum absolute atomic E-state index is 0.264. The van der Waals surface area contributed by atoms with Crippen molar-refractivity contribution < 1.29 is 23.8 Å². The second-order valence-electron chi connectivity index (χ2n) is 4.92. The molecule has 1 aliphatic heterocycles. The largest absolute Gasteiger partial charge is 0.508 e. The van der Waals surface area contributed by atoms with E-state index in [2.05, 4.69) is 4.74 Å². The second-order valence-corrected chi connectivity index (χ2v) is 4.92. The molecular weight excluding hydrogens is 238 g/mol. The average molecular weight is 257 g/mol. The number of hydrogen-bond acceptors (Lipinski definition) is 5. The highest BCUT2D eigenvalue weighted by atomic mass is 16.7. The van der Waals surface area contributed by atoms with Crippen LogP contribution in [0, 0.1) is 0 Å². The summed E-state index contributed by atoms with van der Waals surface area (Å²) in [5.41, 5.74) is -0.545. The van der Waals surface area contributed by atoms with E-state index in [1.54, 1.807) is 32.9 Å². The number of rotatable bonds is 1. The third-order valence-corrected chi connectivity index (χ3v) is 2.14. The van der Waals surface area contributed by atoms with Crippen molar-refractivity contribution in [1.29, 1.82) is 0 Å². The highest BCUT2D eigenvalue weighted by molar-refractivity contribution is 5.69. The Hall–Kier alpha value is -1.72. The molecule has 1 atom stereocenters. The van der Waals surface area contributed by atoms with Crippen LogP contribution < -0.4 is 0 Å². The van der Waals surface area contributed by atoms with Crippen LogP contribution in [0.15, 0.2) is 12.2 Å². The van der Waals surface area contributed by atoms with Gasteiger partial charge in [-0.15, -0.1) is 0 Å². The number of amides is 1. The molecule has 0 aromatic heterocycles. The van der Waals surface area contributed by atoms with Crippen molar-refractivity contribution in [3.05, 3.63) is 12.2 Å². The van der Waals surface area contributed by atoms with E-state index >= 15 is 0 Å². The number of hydrogen-bond donors (Lipinski definition) is 0. The Morgan fingerprint density at radius 2 is 2.00 bits per heavy atom. The molecular formula is C12H19NO5. The summed E-state index contributed by atoms with van der Waals surface area (Å²) in [5.74, 6) is 0. The molecule has 18 heavy (non-hydrogen) atoms. The van der Waals surface area contributed by atoms with Crippen molar-refractivity contribution in [2.45, 2.75) is 32.5 Å².